The fourth-order valence-electron chi connectivity index (χ4n) is 1.23. The van der Waals surface area contributed by atoms with Crippen LogP contribution in [0.25, 0.3) is 11.2 Å². The maximum Gasteiger partial charge on any atom is 0.160 e. The van der Waals surface area contributed by atoms with E-state index in [1.807, 2.05) is 0 Å². The van der Waals surface area contributed by atoms with Crippen molar-refractivity contribution in [3.63, 3.8) is 0 Å². The summed E-state index contributed by atoms with van der Waals surface area (Å²) in [6.45, 7) is 2.16. The number of H-pyrrole nitrogens is 1. The van der Waals surface area contributed by atoms with Crippen LogP contribution in [0, 0.1) is 0 Å². The summed E-state index contributed by atoms with van der Waals surface area (Å²) in [6, 6.07) is 0. The largest absolute Gasteiger partial charge is 0.329 e. The standard InChI is InChI=1S/C9H12N4/c1-2-3-4-8-10-5-7-9(13-8)12-6-11-7/h5-6H,2-4H2,1H3,(H,10,11,12,13). The molecule has 0 spiro atoms. The Bertz CT molecular complexity index is 393. The van der Waals surface area contributed by atoms with Crippen molar-refractivity contribution in [1.29, 1.82) is 0 Å². The Morgan fingerprint density at radius 3 is 3.15 bits per heavy atom. The van der Waals surface area contributed by atoms with Crippen LogP contribution in [0.3, 0.4) is 0 Å². The van der Waals surface area contributed by atoms with Gasteiger partial charge in [0.05, 0.1) is 12.5 Å². The molecule has 0 atom stereocenters. The molecule has 0 saturated carbocycles. The summed E-state index contributed by atoms with van der Waals surface area (Å²) in [5.74, 6) is 0.901. The number of aromatic nitrogens is 4. The molecule has 0 unspecified atom stereocenters. The van der Waals surface area contributed by atoms with E-state index in [-0.39, 0.29) is 0 Å². The predicted molar refractivity (Wildman–Crippen MR) is 50.3 cm³/mol. The first kappa shape index (κ1) is 8.16. The Morgan fingerprint density at radius 1 is 1.38 bits per heavy atom. The summed E-state index contributed by atoms with van der Waals surface area (Å²) in [5.41, 5.74) is 1.67. The fourth-order valence-corrected chi connectivity index (χ4v) is 1.23. The monoisotopic (exact) mass is 176 g/mol. The van der Waals surface area contributed by atoms with Crippen LogP contribution in [0.4, 0.5) is 0 Å². The van der Waals surface area contributed by atoms with E-state index < -0.39 is 0 Å². The summed E-state index contributed by atoms with van der Waals surface area (Å²) in [6.07, 6.45) is 6.67. The number of nitrogens with one attached hydrogen (secondary N) is 1. The predicted octanol–water partition coefficient (Wildman–Crippen LogP) is 1.70. The van der Waals surface area contributed by atoms with Gasteiger partial charge in [-0.2, -0.15) is 0 Å². The van der Waals surface area contributed by atoms with E-state index in [0.29, 0.717) is 0 Å². The second kappa shape index (κ2) is 3.51. The van der Waals surface area contributed by atoms with Gasteiger partial charge in [0.1, 0.15) is 11.3 Å². The van der Waals surface area contributed by atoms with Crippen molar-refractivity contribution in [3.05, 3.63) is 18.3 Å². The topological polar surface area (TPSA) is 54.5 Å². The first-order valence-corrected chi connectivity index (χ1v) is 4.55. The zero-order valence-corrected chi connectivity index (χ0v) is 7.62. The summed E-state index contributed by atoms with van der Waals surface area (Å²) in [7, 11) is 0. The van der Waals surface area contributed by atoms with Gasteiger partial charge in [0.2, 0.25) is 0 Å². The highest BCUT2D eigenvalue weighted by Gasteiger charge is 2.00. The fraction of sp³-hybridized carbons (Fsp3) is 0.444. The molecule has 4 heteroatoms. The average molecular weight is 176 g/mol. The second-order valence-electron chi connectivity index (χ2n) is 3.03. The molecule has 0 aliphatic heterocycles. The number of rotatable bonds is 3. The maximum absolute atomic E-state index is 4.34. The average Bonchev–Trinajstić information content (AvgIpc) is 2.61. The van der Waals surface area contributed by atoms with Gasteiger partial charge < -0.3 is 4.98 Å². The quantitative estimate of drug-likeness (QED) is 0.774. The highest BCUT2D eigenvalue weighted by atomic mass is 15.0. The minimum Gasteiger partial charge on any atom is -0.329 e. The van der Waals surface area contributed by atoms with Crippen LogP contribution >= 0.6 is 0 Å². The molecule has 0 radical (unpaired) electrons. The highest BCUT2D eigenvalue weighted by molar-refractivity contribution is 5.67. The Labute approximate surface area is 76.4 Å². The maximum atomic E-state index is 4.34. The number of aryl methyl sites for hydroxylation is 1. The minimum atomic E-state index is 0.834. The summed E-state index contributed by atoms with van der Waals surface area (Å²) >= 11 is 0. The molecule has 1 N–H and O–H groups in total. The molecule has 2 aromatic heterocycles. The van der Waals surface area contributed by atoms with E-state index in [4.69, 9.17) is 0 Å². The minimum absolute atomic E-state index is 0.834. The van der Waals surface area contributed by atoms with E-state index >= 15 is 0 Å². The third-order valence-corrected chi connectivity index (χ3v) is 1.98. The molecule has 0 aliphatic rings. The van der Waals surface area contributed by atoms with Gasteiger partial charge in [-0.3, -0.25) is 0 Å². The Morgan fingerprint density at radius 2 is 2.31 bits per heavy atom. The van der Waals surface area contributed by atoms with Crippen molar-refractivity contribution in [1.82, 2.24) is 19.9 Å². The van der Waals surface area contributed by atoms with Gasteiger partial charge in [-0.15, -0.1) is 0 Å². The van der Waals surface area contributed by atoms with Gasteiger partial charge in [-0.1, -0.05) is 13.3 Å². The lowest BCUT2D eigenvalue weighted by Gasteiger charge is -1.96. The lowest BCUT2D eigenvalue weighted by atomic mass is 10.2. The molecular weight excluding hydrogens is 164 g/mol. The zero-order chi connectivity index (χ0) is 9.10. The van der Waals surface area contributed by atoms with Crippen molar-refractivity contribution in [2.75, 3.05) is 0 Å². The Balaban J connectivity index is 2.26. The summed E-state index contributed by atoms with van der Waals surface area (Å²) < 4.78 is 0. The zero-order valence-electron chi connectivity index (χ0n) is 7.62. The van der Waals surface area contributed by atoms with Gasteiger partial charge in [0.15, 0.2) is 5.65 Å². The van der Waals surface area contributed by atoms with Crippen LogP contribution in [-0.4, -0.2) is 19.9 Å². The normalized spacial score (nSPS) is 10.8. The Hall–Kier alpha value is -1.45. The van der Waals surface area contributed by atoms with Crippen molar-refractivity contribution in [3.8, 4) is 0 Å². The van der Waals surface area contributed by atoms with Crippen molar-refractivity contribution in [2.45, 2.75) is 26.2 Å². The number of hydrogen-bond donors (Lipinski definition) is 1. The van der Waals surface area contributed by atoms with Crippen LogP contribution in [-0.2, 0) is 6.42 Å². The highest BCUT2D eigenvalue weighted by Crippen LogP contribution is 2.05. The summed E-state index contributed by atoms with van der Waals surface area (Å²) in [4.78, 5) is 15.6. The molecule has 13 heavy (non-hydrogen) atoms. The summed E-state index contributed by atoms with van der Waals surface area (Å²) in [5, 5.41) is 0. The second-order valence-corrected chi connectivity index (χ2v) is 3.03. The third kappa shape index (κ3) is 1.66. The molecule has 0 fully saturated rings. The molecule has 4 nitrogen and oxygen atoms in total. The number of nitrogens with zero attached hydrogens (tertiary/aromatic N) is 3. The molecule has 2 rings (SSSR count). The number of unbranched alkanes of at least 4 members (excludes halogenated alkanes) is 1. The van der Waals surface area contributed by atoms with Crippen LogP contribution in [0.2, 0.25) is 0 Å². The third-order valence-electron chi connectivity index (χ3n) is 1.98. The van der Waals surface area contributed by atoms with Crippen LogP contribution in [0.15, 0.2) is 12.5 Å². The SMILES string of the molecule is CCCCc1ncc2nc[nH]c2n1. The lowest BCUT2D eigenvalue weighted by Crippen LogP contribution is -1.94. The number of fused-ring (bicyclic) bond motifs is 1. The molecule has 0 aromatic carbocycles. The number of aromatic amines is 1. The van der Waals surface area contributed by atoms with Gasteiger partial charge in [-0.25, -0.2) is 15.0 Å². The van der Waals surface area contributed by atoms with Crippen molar-refractivity contribution in [2.24, 2.45) is 0 Å². The molecular formula is C9H12N4. The first-order chi connectivity index (χ1) is 6.40. The van der Waals surface area contributed by atoms with Crippen molar-refractivity contribution >= 4 is 11.2 Å². The molecule has 0 saturated heterocycles. The lowest BCUT2D eigenvalue weighted by molar-refractivity contribution is 0.756. The molecule has 2 heterocycles. The van der Waals surface area contributed by atoms with E-state index in [1.165, 1.54) is 6.42 Å². The smallest absolute Gasteiger partial charge is 0.160 e. The van der Waals surface area contributed by atoms with E-state index in [2.05, 4.69) is 26.9 Å². The van der Waals surface area contributed by atoms with Gasteiger partial charge in [0.25, 0.3) is 0 Å². The number of imidazole rings is 1. The molecule has 0 aliphatic carbocycles. The van der Waals surface area contributed by atoms with E-state index in [1.54, 1.807) is 12.5 Å². The van der Waals surface area contributed by atoms with E-state index in [9.17, 15) is 0 Å². The van der Waals surface area contributed by atoms with Crippen molar-refractivity contribution < 1.29 is 0 Å². The van der Waals surface area contributed by atoms with Gasteiger partial charge in [-0.05, 0) is 6.42 Å². The van der Waals surface area contributed by atoms with E-state index in [0.717, 1.165) is 29.8 Å². The number of hydrogen-bond acceptors (Lipinski definition) is 3. The molecule has 0 amide bonds. The molecule has 2 aromatic rings. The molecule has 0 bridgehead atoms. The van der Waals surface area contributed by atoms with Gasteiger partial charge >= 0.3 is 0 Å². The molecule has 68 valence electrons. The van der Waals surface area contributed by atoms with Crippen LogP contribution in [0.5, 0.6) is 0 Å². The van der Waals surface area contributed by atoms with Crippen LogP contribution < -0.4 is 0 Å². The van der Waals surface area contributed by atoms with Crippen LogP contribution in [0.1, 0.15) is 25.6 Å². The first-order valence-electron chi connectivity index (χ1n) is 4.55. The van der Waals surface area contributed by atoms with Gasteiger partial charge in [0, 0.05) is 6.42 Å². The Kier molecular flexibility index (Phi) is 2.21.